The summed E-state index contributed by atoms with van der Waals surface area (Å²) in [6, 6.07) is 0. The SMILES string of the molecule is CC1(C(=O)OCCCB2OC3(CCCCC3)C3(CCCCC3)O2)COC(=O)OC1. The number of fused-ring (bicyclic) bond motifs is 1. The fourth-order valence-corrected chi connectivity index (χ4v) is 5.48. The van der Waals surface area contributed by atoms with Crippen LogP contribution in [0.2, 0.25) is 6.32 Å². The van der Waals surface area contributed by atoms with Gasteiger partial charge in [-0.3, -0.25) is 4.79 Å². The summed E-state index contributed by atoms with van der Waals surface area (Å²) in [4.78, 5) is 23.4. The first-order valence-corrected chi connectivity index (χ1v) is 11.3. The van der Waals surface area contributed by atoms with Crippen LogP contribution >= 0.6 is 0 Å². The van der Waals surface area contributed by atoms with E-state index in [2.05, 4.69) is 0 Å². The van der Waals surface area contributed by atoms with Crippen LogP contribution in [0.15, 0.2) is 0 Å². The van der Waals surface area contributed by atoms with Gasteiger partial charge >= 0.3 is 19.2 Å². The maximum Gasteiger partial charge on any atom is 0.508 e. The van der Waals surface area contributed by atoms with Crippen LogP contribution in [0.25, 0.3) is 0 Å². The van der Waals surface area contributed by atoms with Gasteiger partial charge in [-0.15, -0.1) is 0 Å². The lowest BCUT2D eigenvalue weighted by Crippen LogP contribution is -2.53. The molecule has 2 saturated heterocycles. The predicted octanol–water partition coefficient (Wildman–Crippen LogP) is 4.03. The second-order valence-corrected chi connectivity index (χ2v) is 9.44. The average Bonchev–Trinajstić information content (AvgIpc) is 3.00. The number of carbonyl (C=O) groups is 2. The zero-order chi connectivity index (χ0) is 20.4. The van der Waals surface area contributed by atoms with E-state index in [-0.39, 0.29) is 31.5 Å². The van der Waals surface area contributed by atoms with Gasteiger partial charge in [-0.1, -0.05) is 38.5 Å². The summed E-state index contributed by atoms with van der Waals surface area (Å²) < 4.78 is 28.3. The smallest absolute Gasteiger partial charge is 0.465 e. The minimum atomic E-state index is -0.938. The van der Waals surface area contributed by atoms with Crippen LogP contribution in [0.4, 0.5) is 4.79 Å². The molecule has 2 aliphatic carbocycles. The normalized spacial score (nSPS) is 27.5. The molecule has 4 aliphatic rings. The maximum absolute atomic E-state index is 12.4. The summed E-state index contributed by atoms with van der Waals surface area (Å²) in [5.41, 5.74) is -1.15. The van der Waals surface area contributed by atoms with Crippen LogP contribution < -0.4 is 0 Å². The number of rotatable bonds is 5. The van der Waals surface area contributed by atoms with Crippen LogP contribution in [-0.2, 0) is 28.3 Å². The van der Waals surface area contributed by atoms with Crippen molar-refractivity contribution in [1.82, 2.24) is 0 Å². The lowest BCUT2D eigenvalue weighted by molar-refractivity contribution is -0.166. The standard InChI is InChI=1S/C21H33BO7/c1-19(15-26-18(24)27-16-19)17(23)25-14-8-13-22-28-20(9-4-2-5-10-20)21(29-22)11-6-3-7-12-21/h2-16H2,1H3. The minimum absolute atomic E-state index is 0.00937. The molecule has 2 saturated carbocycles. The molecule has 2 heterocycles. The second kappa shape index (κ2) is 8.46. The molecule has 2 spiro atoms. The summed E-state index contributed by atoms with van der Waals surface area (Å²) in [7, 11) is -0.209. The van der Waals surface area contributed by atoms with Crippen LogP contribution in [0, 0.1) is 5.41 Å². The molecule has 0 aromatic carbocycles. The molecule has 0 atom stereocenters. The fourth-order valence-electron chi connectivity index (χ4n) is 5.48. The molecule has 0 aromatic heterocycles. The molecular formula is C21H33BO7. The summed E-state index contributed by atoms with van der Waals surface area (Å²) in [5, 5.41) is 0. The van der Waals surface area contributed by atoms with Crippen molar-refractivity contribution in [3.63, 3.8) is 0 Å². The van der Waals surface area contributed by atoms with Gasteiger partial charge in [-0.25, -0.2) is 4.79 Å². The lowest BCUT2D eigenvalue weighted by atomic mass is 9.66. The van der Waals surface area contributed by atoms with Gasteiger partial charge in [0.1, 0.15) is 18.6 Å². The molecule has 8 heteroatoms. The van der Waals surface area contributed by atoms with E-state index in [1.165, 1.54) is 38.5 Å². The Labute approximate surface area is 173 Å². The van der Waals surface area contributed by atoms with Gasteiger partial charge in [0.15, 0.2) is 0 Å². The third kappa shape index (κ3) is 4.15. The average molecular weight is 408 g/mol. The third-order valence-electron chi connectivity index (χ3n) is 7.19. The number of esters is 1. The molecule has 4 fully saturated rings. The Morgan fingerprint density at radius 1 is 0.931 bits per heavy atom. The summed E-state index contributed by atoms with van der Waals surface area (Å²) in [6.07, 6.45) is 12.6. The number of hydrogen-bond acceptors (Lipinski definition) is 7. The first kappa shape index (κ1) is 21.0. The van der Waals surface area contributed by atoms with Crippen molar-refractivity contribution in [3.8, 4) is 0 Å². The van der Waals surface area contributed by atoms with Crippen molar-refractivity contribution in [2.45, 2.75) is 95.1 Å². The number of cyclic esters (lactones) is 2. The van der Waals surface area contributed by atoms with Crippen molar-refractivity contribution in [2.75, 3.05) is 19.8 Å². The van der Waals surface area contributed by atoms with Crippen LogP contribution in [0.1, 0.15) is 77.6 Å². The molecule has 4 rings (SSSR count). The van der Waals surface area contributed by atoms with Gasteiger partial charge in [0.05, 0.1) is 17.8 Å². The van der Waals surface area contributed by atoms with E-state index in [1.54, 1.807) is 6.92 Å². The Balaban J connectivity index is 1.27. The Morgan fingerprint density at radius 2 is 1.45 bits per heavy atom. The number of carbonyl (C=O) groups excluding carboxylic acids is 2. The fraction of sp³-hybridized carbons (Fsp3) is 0.905. The van der Waals surface area contributed by atoms with Crippen LogP contribution in [0.5, 0.6) is 0 Å². The van der Waals surface area contributed by atoms with Crippen molar-refractivity contribution in [2.24, 2.45) is 5.41 Å². The molecule has 162 valence electrons. The highest BCUT2D eigenvalue weighted by Gasteiger charge is 2.61. The van der Waals surface area contributed by atoms with Crippen molar-refractivity contribution in [1.29, 1.82) is 0 Å². The summed E-state index contributed by atoms with van der Waals surface area (Å²) >= 11 is 0. The Bertz CT molecular complexity index is 574. The van der Waals surface area contributed by atoms with Gasteiger partial charge in [-0.05, 0) is 45.3 Å². The Hall–Kier alpha value is -1.28. The summed E-state index contributed by atoms with van der Waals surface area (Å²) in [6.45, 7) is 1.96. The van der Waals surface area contributed by atoms with Gasteiger partial charge < -0.3 is 23.5 Å². The van der Waals surface area contributed by atoms with Crippen LogP contribution in [0.3, 0.4) is 0 Å². The quantitative estimate of drug-likeness (QED) is 0.386. The highest BCUT2D eigenvalue weighted by molar-refractivity contribution is 6.45. The van der Waals surface area contributed by atoms with E-state index >= 15 is 0 Å². The summed E-state index contributed by atoms with van der Waals surface area (Å²) in [5.74, 6) is -0.397. The lowest BCUT2D eigenvalue weighted by Gasteiger charge is -2.48. The van der Waals surface area contributed by atoms with E-state index < -0.39 is 17.5 Å². The molecule has 0 unspecified atom stereocenters. The van der Waals surface area contributed by atoms with Gasteiger partial charge in [-0.2, -0.15) is 0 Å². The zero-order valence-electron chi connectivity index (χ0n) is 17.5. The molecule has 0 aromatic rings. The van der Waals surface area contributed by atoms with Crippen molar-refractivity contribution < 1.29 is 33.1 Å². The highest BCUT2D eigenvalue weighted by Crippen LogP contribution is 2.54. The van der Waals surface area contributed by atoms with Crippen molar-refractivity contribution >= 4 is 19.2 Å². The van der Waals surface area contributed by atoms with E-state index in [0.29, 0.717) is 13.0 Å². The molecule has 29 heavy (non-hydrogen) atoms. The van der Waals surface area contributed by atoms with Gasteiger partial charge in [0.2, 0.25) is 0 Å². The van der Waals surface area contributed by atoms with E-state index in [9.17, 15) is 9.59 Å². The van der Waals surface area contributed by atoms with Gasteiger partial charge in [0.25, 0.3) is 0 Å². The Kier molecular flexibility index (Phi) is 6.12. The largest absolute Gasteiger partial charge is 0.508 e. The predicted molar refractivity (Wildman–Crippen MR) is 105 cm³/mol. The molecule has 0 amide bonds. The molecule has 2 aliphatic heterocycles. The molecule has 7 nitrogen and oxygen atoms in total. The van der Waals surface area contributed by atoms with Gasteiger partial charge in [0, 0.05) is 0 Å². The maximum atomic E-state index is 12.4. The highest BCUT2D eigenvalue weighted by atomic mass is 16.7. The second-order valence-electron chi connectivity index (χ2n) is 9.44. The molecule has 0 radical (unpaired) electrons. The number of ether oxygens (including phenoxy) is 3. The zero-order valence-corrected chi connectivity index (χ0v) is 17.5. The molecule has 0 N–H and O–H groups in total. The first-order valence-electron chi connectivity index (χ1n) is 11.3. The Morgan fingerprint density at radius 3 is 1.97 bits per heavy atom. The third-order valence-corrected chi connectivity index (χ3v) is 7.19. The topological polar surface area (TPSA) is 80.3 Å². The monoisotopic (exact) mass is 408 g/mol. The molecule has 0 bridgehead atoms. The van der Waals surface area contributed by atoms with E-state index in [0.717, 1.165) is 32.0 Å². The molecular weight excluding hydrogens is 375 g/mol. The van der Waals surface area contributed by atoms with Crippen molar-refractivity contribution in [3.05, 3.63) is 0 Å². The number of hydrogen-bond donors (Lipinski definition) is 0. The first-order chi connectivity index (χ1) is 14.0. The minimum Gasteiger partial charge on any atom is -0.465 e. The van der Waals surface area contributed by atoms with E-state index in [4.69, 9.17) is 23.5 Å². The van der Waals surface area contributed by atoms with Crippen LogP contribution in [-0.4, -0.2) is 50.3 Å². The van der Waals surface area contributed by atoms with E-state index in [1.807, 2.05) is 0 Å².